The number of β-amino-alcohol motifs (C(OH)–C–C–N with tert-alkyl or cyclic N) is 1. The van der Waals surface area contributed by atoms with E-state index in [0.717, 1.165) is 12.5 Å². The molecule has 0 amide bonds. The summed E-state index contributed by atoms with van der Waals surface area (Å²) in [5.41, 5.74) is -0.0801. The molecule has 6 nitrogen and oxygen atoms in total. The van der Waals surface area contributed by atoms with Crippen molar-refractivity contribution in [2.45, 2.75) is 45.0 Å². The lowest BCUT2D eigenvalue weighted by Gasteiger charge is -2.41. The number of alkyl halides is 3. The fourth-order valence-corrected chi connectivity index (χ4v) is 4.81. The lowest BCUT2D eigenvalue weighted by molar-refractivity contribution is -0.136. The number of ketones is 1. The van der Waals surface area contributed by atoms with Crippen molar-refractivity contribution in [1.82, 2.24) is 14.9 Å². The molecule has 2 saturated heterocycles. The van der Waals surface area contributed by atoms with E-state index in [9.17, 15) is 23.1 Å². The molecule has 2 aliphatic rings. The predicted molar refractivity (Wildman–Crippen MR) is 111 cm³/mol. The molecule has 0 saturated carbocycles. The highest BCUT2D eigenvalue weighted by Gasteiger charge is 2.36. The summed E-state index contributed by atoms with van der Waals surface area (Å²) in [6.45, 7) is 6.29. The van der Waals surface area contributed by atoms with Crippen LogP contribution in [0.25, 0.3) is 11.0 Å². The second-order valence-electron chi connectivity index (χ2n) is 8.95. The maximum absolute atomic E-state index is 13.4. The molecule has 3 heterocycles. The van der Waals surface area contributed by atoms with Gasteiger partial charge >= 0.3 is 6.18 Å². The smallest absolute Gasteiger partial charge is 0.390 e. The molecule has 2 aliphatic heterocycles. The summed E-state index contributed by atoms with van der Waals surface area (Å²) >= 11 is 0. The van der Waals surface area contributed by atoms with Crippen molar-refractivity contribution in [2.75, 3.05) is 31.1 Å². The van der Waals surface area contributed by atoms with Gasteiger partial charge in [-0.25, -0.2) is 0 Å². The fourth-order valence-electron chi connectivity index (χ4n) is 4.81. The van der Waals surface area contributed by atoms with Gasteiger partial charge in [0.15, 0.2) is 0 Å². The summed E-state index contributed by atoms with van der Waals surface area (Å²) in [6.07, 6.45) is -0.869. The number of hydrogen-bond acceptors (Lipinski definition) is 6. The van der Waals surface area contributed by atoms with E-state index in [0.29, 0.717) is 44.2 Å². The van der Waals surface area contributed by atoms with Gasteiger partial charge in [-0.1, -0.05) is 6.92 Å². The Labute approximate surface area is 179 Å². The third kappa shape index (κ3) is 4.52. The van der Waals surface area contributed by atoms with Crippen LogP contribution in [0, 0.1) is 11.8 Å². The Morgan fingerprint density at radius 3 is 2.48 bits per heavy atom. The second-order valence-corrected chi connectivity index (χ2v) is 8.95. The standard InChI is InChI=1S/C22H27F3N4O2/c1-13-7-15(8-19(31)14(2)28-11-16(30)12-28)10-29(9-13)18-4-3-17(22(23,24)25)20-21(18)27-6-5-26-20/h3-6,13-16,30H,7-12H2,1-2H3/t13-,14?,15-/m0/s1. The number of benzene rings is 1. The minimum absolute atomic E-state index is 0.110. The number of halogens is 3. The monoisotopic (exact) mass is 436 g/mol. The van der Waals surface area contributed by atoms with E-state index in [1.54, 1.807) is 0 Å². The molecule has 2 fully saturated rings. The zero-order valence-electron chi connectivity index (χ0n) is 17.6. The van der Waals surface area contributed by atoms with E-state index < -0.39 is 11.7 Å². The maximum atomic E-state index is 13.4. The number of anilines is 1. The van der Waals surface area contributed by atoms with Crippen molar-refractivity contribution >= 4 is 22.5 Å². The third-order valence-corrected chi connectivity index (χ3v) is 6.39. The topological polar surface area (TPSA) is 69.6 Å². The molecule has 3 atom stereocenters. The first-order valence-electron chi connectivity index (χ1n) is 10.6. The first-order chi connectivity index (χ1) is 14.6. The normalized spacial score (nSPS) is 24.3. The highest BCUT2D eigenvalue weighted by molar-refractivity contribution is 5.91. The Bertz CT molecular complexity index is 961. The minimum Gasteiger partial charge on any atom is -0.390 e. The molecular weight excluding hydrogens is 409 g/mol. The average molecular weight is 436 g/mol. The number of aliphatic hydroxyl groups is 1. The molecule has 1 N–H and O–H groups in total. The number of piperidine rings is 1. The van der Waals surface area contributed by atoms with E-state index >= 15 is 0 Å². The molecule has 1 unspecified atom stereocenters. The number of rotatable bonds is 5. The quantitative estimate of drug-likeness (QED) is 0.777. The Morgan fingerprint density at radius 1 is 1.16 bits per heavy atom. The number of aromatic nitrogens is 2. The average Bonchev–Trinajstić information content (AvgIpc) is 2.68. The SMILES string of the molecule is CC(C(=O)C[C@@H]1C[C@H](C)CN(c2ccc(C(F)(F)F)c3nccnc23)C1)N1CC(O)C1. The Morgan fingerprint density at radius 2 is 1.84 bits per heavy atom. The molecule has 0 spiro atoms. The van der Waals surface area contributed by atoms with Crippen LogP contribution in [-0.2, 0) is 11.0 Å². The fraction of sp³-hybridized carbons (Fsp3) is 0.591. The van der Waals surface area contributed by atoms with E-state index in [2.05, 4.69) is 16.9 Å². The summed E-state index contributed by atoms with van der Waals surface area (Å²) < 4.78 is 40.3. The van der Waals surface area contributed by atoms with Gasteiger partial charge in [0.05, 0.1) is 23.4 Å². The largest absolute Gasteiger partial charge is 0.418 e. The van der Waals surface area contributed by atoms with Crippen molar-refractivity contribution in [1.29, 1.82) is 0 Å². The van der Waals surface area contributed by atoms with Gasteiger partial charge in [-0.2, -0.15) is 13.2 Å². The Hall–Kier alpha value is -2.26. The van der Waals surface area contributed by atoms with Crippen molar-refractivity contribution in [3.8, 4) is 0 Å². The zero-order valence-corrected chi connectivity index (χ0v) is 17.6. The van der Waals surface area contributed by atoms with E-state index in [1.807, 2.05) is 16.7 Å². The molecule has 0 radical (unpaired) electrons. The summed E-state index contributed by atoms with van der Waals surface area (Å²) in [4.78, 5) is 25.0. The maximum Gasteiger partial charge on any atom is 0.418 e. The summed E-state index contributed by atoms with van der Waals surface area (Å²) in [5, 5.41) is 9.48. The van der Waals surface area contributed by atoms with Crippen LogP contribution >= 0.6 is 0 Å². The molecule has 0 bridgehead atoms. The highest BCUT2D eigenvalue weighted by atomic mass is 19.4. The van der Waals surface area contributed by atoms with Gasteiger partial charge in [-0.3, -0.25) is 19.7 Å². The van der Waals surface area contributed by atoms with Gasteiger partial charge in [0.25, 0.3) is 0 Å². The molecule has 0 aliphatic carbocycles. The lowest BCUT2D eigenvalue weighted by atomic mass is 9.85. The molecule has 2 aromatic rings. The second kappa shape index (κ2) is 8.35. The van der Waals surface area contributed by atoms with Gasteiger partial charge in [0, 0.05) is 45.0 Å². The van der Waals surface area contributed by atoms with Crippen LogP contribution in [0.5, 0.6) is 0 Å². The zero-order chi connectivity index (χ0) is 22.3. The number of hydrogen-bond donors (Lipinski definition) is 1. The minimum atomic E-state index is -4.50. The van der Waals surface area contributed by atoms with Crippen molar-refractivity contribution in [2.24, 2.45) is 11.8 Å². The highest BCUT2D eigenvalue weighted by Crippen LogP contribution is 2.38. The number of nitrogens with zero attached hydrogens (tertiary/aromatic N) is 4. The van der Waals surface area contributed by atoms with Gasteiger partial charge in [-0.05, 0) is 37.3 Å². The van der Waals surface area contributed by atoms with Crippen LogP contribution in [0.1, 0.15) is 32.3 Å². The Kier molecular flexibility index (Phi) is 5.91. The molecule has 31 heavy (non-hydrogen) atoms. The molecular formula is C22H27F3N4O2. The van der Waals surface area contributed by atoms with E-state index in [-0.39, 0.29) is 34.9 Å². The molecule has 168 valence electrons. The van der Waals surface area contributed by atoms with Crippen molar-refractivity contribution in [3.05, 3.63) is 30.1 Å². The van der Waals surface area contributed by atoms with Gasteiger partial charge in [-0.15, -0.1) is 0 Å². The summed E-state index contributed by atoms with van der Waals surface area (Å²) in [6, 6.07) is 2.32. The number of carbonyl (C=O) groups is 1. The molecule has 1 aromatic carbocycles. The Balaban J connectivity index is 1.55. The number of carbonyl (C=O) groups excluding carboxylic acids is 1. The van der Waals surface area contributed by atoms with Crippen molar-refractivity contribution < 1.29 is 23.1 Å². The molecule has 4 rings (SSSR count). The molecule has 1 aromatic heterocycles. The van der Waals surface area contributed by atoms with Crippen LogP contribution in [0.4, 0.5) is 18.9 Å². The summed E-state index contributed by atoms with van der Waals surface area (Å²) in [7, 11) is 0. The van der Waals surface area contributed by atoms with Crippen LogP contribution < -0.4 is 4.90 Å². The predicted octanol–water partition coefficient (Wildman–Crippen LogP) is 3.14. The summed E-state index contributed by atoms with van der Waals surface area (Å²) in [5.74, 6) is 0.545. The first-order valence-corrected chi connectivity index (χ1v) is 10.6. The number of fused-ring (bicyclic) bond motifs is 1. The third-order valence-electron chi connectivity index (χ3n) is 6.39. The van der Waals surface area contributed by atoms with Crippen LogP contribution in [0.3, 0.4) is 0 Å². The van der Waals surface area contributed by atoms with E-state index in [4.69, 9.17) is 0 Å². The van der Waals surface area contributed by atoms with Gasteiger partial charge in [0.2, 0.25) is 0 Å². The first kappa shape index (κ1) is 22.0. The number of Topliss-reactive ketones (excluding diaryl/α,β-unsaturated/α-hetero) is 1. The van der Waals surface area contributed by atoms with Crippen LogP contribution in [0.2, 0.25) is 0 Å². The molecule has 9 heteroatoms. The van der Waals surface area contributed by atoms with Crippen LogP contribution in [0.15, 0.2) is 24.5 Å². The lowest BCUT2D eigenvalue weighted by Crippen LogP contribution is -2.57. The van der Waals surface area contributed by atoms with Crippen molar-refractivity contribution in [3.63, 3.8) is 0 Å². The van der Waals surface area contributed by atoms with Gasteiger partial charge in [0.1, 0.15) is 16.8 Å². The van der Waals surface area contributed by atoms with Crippen LogP contribution in [-0.4, -0.2) is 64.1 Å². The number of likely N-dealkylation sites (tertiary alicyclic amines) is 1. The van der Waals surface area contributed by atoms with Gasteiger partial charge < -0.3 is 10.0 Å². The number of aliphatic hydroxyl groups excluding tert-OH is 1. The van der Waals surface area contributed by atoms with E-state index in [1.165, 1.54) is 18.5 Å².